The van der Waals surface area contributed by atoms with E-state index in [2.05, 4.69) is 18.8 Å². The van der Waals surface area contributed by atoms with Gasteiger partial charge in [-0.1, -0.05) is 20.3 Å². The fourth-order valence-corrected chi connectivity index (χ4v) is 1.49. The first-order chi connectivity index (χ1) is 5.74. The number of nitrogens with zero attached hydrogens (tertiary/aromatic N) is 1. The van der Waals surface area contributed by atoms with Gasteiger partial charge in [0.05, 0.1) is 10.4 Å². The van der Waals surface area contributed by atoms with Crippen LogP contribution in [0.25, 0.3) is 0 Å². The number of carbonyl (C=O) groups excluding carboxylic acids is 1. The maximum Gasteiger partial charge on any atom is 0.174 e. The summed E-state index contributed by atoms with van der Waals surface area (Å²) in [5, 5.41) is 0. The van der Waals surface area contributed by atoms with Crippen LogP contribution in [0.3, 0.4) is 0 Å². The minimum Gasteiger partial charge on any atom is -0.293 e. The van der Waals surface area contributed by atoms with Gasteiger partial charge in [-0.25, -0.2) is 0 Å². The smallest absolute Gasteiger partial charge is 0.174 e. The molecule has 0 aromatic carbocycles. The van der Waals surface area contributed by atoms with E-state index >= 15 is 0 Å². The van der Waals surface area contributed by atoms with Crippen LogP contribution in [0, 0.1) is 5.92 Å². The van der Waals surface area contributed by atoms with Gasteiger partial charge in [0.2, 0.25) is 0 Å². The second-order valence-corrected chi connectivity index (χ2v) is 3.89. The molecule has 0 bridgehead atoms. The second kappa shape index (κ2) is 4.36. The molecule has 0 fully saturated rings. The summed E-state index contributed by atoms with van der Waals surface area (Å²) in [6.07, 6.45) is 3.36. The molecule has 1 heterocycles. The third-order valence-corrected chi connectivity index (χ3v) is 2.75. The van der Waals surface area contributed by atoms with E-state index in [0.717, 1.165) is 11.3 Å². The molecule has 0 saturated carbocycles. The fourth-order valence-electron chi connectivity index (χ4n) is 0.915. The molecule has 3 heteroatoms. The SMILES string of the molecule is CCC(C)CC(=O)c1cncs1. The number of aromatic nitrogens is 1. The lowest BCUT2D eigenvalue weighted by atomic mass is 10.0. The zero-order valence-corrected chi connectivity index (χ0v) is 8.23. The quantitative estimate of drug-likeness (QED) is 0.672. The Morgan fingerprint density at radius 3 is 3.00 bits per heavy atom. The van der Waals surface area contributed by atoms with Crippen LogP contribution in [0.2, 0.25) is 0 Å². The second-order valence-electron chi connectivity index (χ2n) is 3.01. The lowest BCUT2D eigenvalue weighted by Crippen LogP contribution is -2.03. The summed E-state index contributed by atoms with van der Waals surface area (Å²) in [4.78, 5) is 16.1. The predicted molar refractivity (Wildman–Crippen MR) is 50.5 cm³/mol. The number of ketones is 1. The highest BCUT2D eigenvalue weighted by atomic mass is 32.1. The molecule has 1 rings (SSSR count). The molecule has 1 aromatic heterocycles. The topological polar surface area (TPSA) is 30.0 Å². The van der Waals surface area contributed by atoms with Crippen LogP contribution in [0.1, 0.15) is 36.4 Å². The molecule has 0 amide bonds. The van der Waals surface area contributed by atoms with Gasteiger partial charge in [-0.05, 0) is 5.92 Å². The van der Waals surface area contributed by atoms with Crippen molar-refractivity contribution in [2.45, 2.75) is 26.7 Å². The summed E-state index contributed by atoms with van der Waals surface area (Å²) in [6.45, 7) is 4.20. The van der Waals surface area contributed by atoms with Crippen LogP contribution in [0.4, 0.5) is 0 Å². The number of hydrogen-bond acceptors (Lipinski definition) is 3. The summed E-state index contributed by atoms with van der Waals surface area (Å²) in [7, 11) is 0. The average molecular weight is 183 g/mol. The van der Waals surface area contributed by atoms with Gasteiger partial charge in [-0.2, -0.15) is 0 Å². The van der Waals surface area contributed by atoms with Crippen molar-refractivity contribution >= 4 is 17.1 Å². The van der Waals surface area contributed by atoms with Gasteiger partial charge in [0, 0.05) is 12.6 Å². The third-order valence-electron chi connectivity index (χ3n) is 1.94. The molecule has 1 unspecified atom stereocenters. The molecule has 1 aromatic rings. The van der Waals surface area contributed by atoms with Crippen molar-refractivity contribution in [2.75, 3.05) is 0 Å². The van der Waals surface area contributed by atoms with Crippen molar-refractivity contribution in [1.82, 2.24) is 4.98 Å². The number of carbonyl (C=O) groups is 1. The molecule has 66 valence electrons. The van der Waals surface area contributed by atoms with E-state index in [4.69, 9.17) is 0 Å². The van der Waals surface area contributed by atoms with Crippen molar-refractivity contribution in [1.29, 1.82) is 0 Å². The molecule has 0 saturated heterocycles. The summed E-state index contributed by atoms with van der Waals surface area (Å²) in [5.41, 5.74) is 1.70. The lowest BCUT2D eigenvalue weighted by Gasteiger charge is -2.04. The van der Waals surface area contributed by atoms with Crippen molar-refractivity contribution in [3.63, 3.8) is 0 Å². The van der Waals surface area contributed by atoms with Crippen LogP contribution in [0.15, 0.2) is 11.7 Å². The van der Waals surface area contributed by atoms with Crippen molar-refractivity contribution < 1.29 is 4.79 Å². The van der Waals surface area contributed by atoms with E-state index in [1.807, 2.05) is 0 Å². The van der Waals surface area contributed by atoms with Gasteiger partial charge in [0.1, 0.15) is 0 Å². The summed E-state index contributed by atoms with van der Waals surface area (Å²) in [6, 6.07) is 0. The summed E-state index contributed by atoms with van der Waals surface area (Å²) in [5.74, 6) is 0.714. The summed E-state index contributed by atoms with van der Waals surface area (Å²) < 4.78 is 0. The van der Waals surface area contributed by atoms with Gasteiger partial charge in [0.15, 0.2) is 5.78 Å². The monoisotopic (exact) mass is 183 g/mol. The first-order valence-corrected chi connectivity index (χ1v) is 5.03. The van der Waals surface area contributed by atoms with E-state index in [0.29, 0.717) is 12.3 Å². The molecule has 0 aliphatic heterocycles. The minimum atomic E-state index is 0.229. The molecule has 2 nitrogen and oxygen atoms in total. The van der Waals surface area contributed by atoms with Crippen molar-refractivity contribution in [2.24, 2.45) is 5.92 Å². The zero-order valence-electron chi connectivity index (χ0n) is 7.41. The Kier molecular flexibility index (Phi) is 3.41. The molecule has 12 heavy (non-hydrogen) atoms. The molecule has 1 atom stereocenters. The maximum atomic E-state index is 11.4. The first kappa shape index (κ1) is 9.39. The fraction of sp³-hybridized carbons (Fsp3) is 0.556. The Morgan fingerprint density at radius 1 is 1.75 bits per heavy atom. The Balaban J connectivity index is 2.50. The molecule has 0 aliphatic carbocycles. The van der Waals surface area contributed by atoms with Crippen LogP contribution in [0.5, 0.6) is 0 Å². The van der Waals surface area contributed by atoms with E-state index in [9.17, 15) is 4.79 Å². The van der Waals surface area contributed by atoms with Crippen LogP contribution < -0.4 is 0 Å². The average Bonchev–Trinajstić information content (AvgIpc) is 2.56. The standard InChI is InChI=1S/C9H13NOS/c1-3-7(2)4-8(11)9-5-10-6-12-9/h5-7H,3-4H2,1-2H3. The van der Waals surface area contributed by atoms with E-state index in [-0.39, 0.29) is 5.78 Å². The van der Waals surface area contributed by atoms with Crippen LogP contribution >= 0.6 is 11.3 Å². The van der Waals surface area contributed by atoms with Gasteiger partial charge in [-0.3, -0.25) is 9.78 Å². The third kappa shape index (κ3) is 2.41. The van der Waals surface area contributed by atoms with Gasteiger partial charge in [0.25, 0.3) is 0 Å². The number of thiazole rings is 1. The first-order valence-electron chi connectivity index (χ1n) is 4.15. The Labute approximate surface area is 76.6 Å². The van der Waals surface area contributed by atoms with Gasteiger partial charge >= 0.3 is 0 Å². The van der Waals surface area contributed by atoms with E-state index in [1.54, 1.807) is 11.7 Å². The van der Waals surface area contributed by atoms with E-state index < -0.39 is 0 Å². The molecular weight excluding hydrogens is 170 g/mol. The number of rotatable bonds is 4. The maximum absolute atomic E-state index is 11.4. The molecular formula is C9H13NOS. The molecule has 0 spiro atoms. The zero-order chi connectivity index (χ0) is 8.97. The minimum absolute atomic E-state index is 0.229. The summed E-state index contributed by atoms with van der Waals surface area (Å²) >= 11 is 1.42. The highest BCUT2D eigenvalue weighted by molar-refractivity contribution is 7.11. The predicted octanol–water partition coefficient (Wildman–Crippen LogP) is 2.76. The van der Waals surface area contributed by atoms with E-state index in [1.165, 1.54) is 11.3 Å². The largest absolute Gasteiger partial charge is 0.293 e. The highest BCUT2D eigenvalue weighted by Crippen LogP contribution is 2.14. The molecule has 0 N–H and O–H groups in total. The Bertz CT molecular complexity index is 243. The van der Waals surface area contributed by atoms with Gasteiger partial charge < -0.3 is 0 Å². The number of Topliss-reactive ketones (excluding diaryl/α,β-unsaturated/α-hetero) is 1. The lowest BCUT2D eigenvalue weighted by molar-refractivity contribution is 0.0967. The Hall–Kier alpha value is -0.700. The highest BCUT2D eigenvalue weighted by Gasteiger charge is 2.10. The molecule has 0 aliphatic rings. The number of hydrogen-bond donors (Lipinski definition) is 0. The van der Waals surface area contributed by atoms with Crippen LogP contribution in [-0.4, -0.2) is 10.8 Å². The Morgan fingerprint density at radius 2 is 2.50 bits per heavy atom. The van der Waals surface area contributed by atoms with Gasteiger partial charge in [-0.15, -0.1) is 11.3 Å². The van der Waals surface area contributed by atoms with Crippen molar-refractivity contribution in [3.05, 3.63) is 16.6 Å². The van der Waals surface area contributed by atoms with Crippen LogP contribution in [-0.2, 0) is 0 Å². The molecule has 0 radical (unpaired) electrons. The van der Waals surface area contributed by atoms with Crippen molar-refractivity contribution in [3.8, 4) is 0 Å². The normalized spacial score (nSPS) is 12.8.